The monoisotopic (exact) mass is 475 g/mol. The molecule has 0 unspecified atom stereocenters. The van der Waals surface area contributed by atoms with Crippen molar-refractivity contribution < 1.29 is 4.79 Å². The van der Waals surface area contributed by atoms with E-state index >= 15 is 0 Å². The van der Waals surface area contributed by atoms with Crippen molar-refractivity contribution in [1.82, 2.24) is 0 Å². The summed E-state index contributed by atoms with van der Waals surface area (Å²) in [7, 11) is 0. The molecule has 0 aromatic rings. The van der Waals surface area contributed by atoms with Crippen molar-refractivity contribution in [2.75, 3.05) is 6.54 Å². The Hall–Kier alpha value is -1.36. The van der Waals surface area contributed by atoms with Crippen molar-refractivity contribution in [1.29, 1.82) is 0 Å². The van der Waals surface area contributed by atoms with Gasteiger partial charge in [0.2, 0.25) is 0 Å². The molecule has 0 spiro atoms. The Labute approximate surface area is 215 Å². The van der Waals surface area contributed by atoms with Crippen LogP contribution < -0.4 is 0 Å². The molecule has 5 aliphatic carbocycles. The minimum atomic E-state index is -0.169. The van der Waals surface area contributed by atoms with E-state index in [2.05, 4.69) is 60.3 Å². The van der Waals surface area contributed by atoms with E-state index in [1.54, 1.807) is 0 Å². The van der Waals surface area contributed by atoms with E-state index < -0.39 is 0 Å². The van der Waals surface area contributed by atoms with Crippen LogP contribution in [0.5, 0.6) is 0 Å². The van der Waals surface area contributed by atoms with E-state index in [4.69, 9.17) is 11.4 Å². The molecule has 2 heteroatoms. The van der Waals surface area contributed by atoms with Crippen molar-refractivity contribution in [3.63, 3.8) is 0 Å². The van der Waals surface area contributed by atoms with Crippen LogP contribution >= 0.6 is 0 Å². The Kier molecular flexibility index (Phi) is 5.83. The van der Waals surface area contributed by atoms with E-state index in [9.17, 15) is 4.79 Å². The van der Waals surface area contributed by atoms with Gasteiger partial charge in [-0.15, -0.1) is 6.42 Å². The predicted molar refractivity (Wildman–Crippen MR) is 146 cm³/mol. The van der Waals surface area contributed by atoms with Crippen LogP contribution in [0.2, 0.25) is 0 Å². The number of allylic oxidation sites excluding steroid dienone is 1. The van der Waals surface area contributed by atoms with Gasteiger partial charge in [0.25, 0.3) is 0 Å². The number of aliphatic imine (C=N–C) groups is 1. The highest BCUT2D eigenvalue weighted by Crippen LogP contribution is 2.77. The molecule has 5 aliphatic rings. The van der Waals surface area contributed by atoms with Gasteiger partial charge in [-0.3, -0.25) is 9.79 Å². The summed E-state index contributed by atoms with van der Waals surface area (Å²) in [4.78, 5) is 17.7. The predicted octanol–water partition coefficient (Wildman–Crippen LogP) is 7.92. The molecule has 0 amide bonds. The van der Waals surface area contributed by atoms with Crippen LogP contribution in [-0.2, 0) is 4.79 Å². The van der Waals surface area contributed by atoms with Gasteiger partial charge in [-0.05, 0) is 111 Å². The molecule has 0 aliphatic heterocycles. The van der Waals surface area contributed by atoms with Crippen LogP contribution in [0.4, 0.5) is 0 Å². The Balaban J connectivity index is 1.55. The molecule has 0 heterocycles. The molecule has 0 radical (unpaired) electrons. The normalized spacial score (nSPS) is 50.5. The Morgan fingerprint density at radius 2 is 1.74 bits per heavy atom. The maximum absolute atomic E-state index is 13.0. The van der Waals surface area contributed by atoms with Crippen LogP contribution in [0.3, 0.4) is 0 Å². The average molecular weight is 476 g/mol. The summed E-state index contributed by atoms with van der Waals surface area (Å²) in [5.41, 5.74) is 2.36. The number of ketones is 1. The van der Waals surface area contributed by atoms with Gasteiger partial charge in [0.1, 0.15) is 5.78 Å². The lowest BCUT2D eigenvalue weighted by Crippen LogP contribution is -2.66. The second kappa shape index (κ2) is 8.07. The summed E-state index contributed by atoms with van der Waals surface area (Å²) in [6, 6.07) is 0. The fraction of sp³-hybridized carbons (Fsp3) is 0.818. The standard InChI is InChI=1S/C33H49NO/c1-9-20-34-21-33-17-12-23(22(2)3)28(33)24-10-11-26-30(6)15-14-27(35)29(4,5)25(30)13-16-32(26,8)31(24,7)18-19-33/h1,21,23-26,28H,2,10-20H2,3-8H3/t23-,24+,25-,26+,28+,30-,31+,32+,33+/m0/s1. The zero-order chi connectivity index (χ0) is 25.4. The molecule has 0 aromatic carbocycles. The maximum atomic E-state index is 13.0. The molecule has 35 heavy (non-hydrogen) atoms. The van der Waals surface area contributed by atoms with Gasteiger partial charge in [-0.25, -0.2) is 0 Å². The summed E-state index contributed by atoms with van der Waals surface area (Å²) < 4.78 is 0. The SMILES string of the molecule is C#CCN=C[C@]12CC[C@@H](C(=C)C)[C@@H]1[C@H]1CC[C@@H]3[C@@]4(C)CCC(=O)C(C)(C)[C@@H]4CC[C@@]3(C)[C@]1(C)CC2. The van der Waals surface area contributed by atoms with Crippen molar-refractivity contribution >= 4 is 12.0 Å². The molecule has 192 valence electrons. The van der Waals surface area contributed by atoms with Crippen molar-refractivity contribution in [2.45, 2.75) is 106 Å². The van der Waals surface area contributed by atoms with Crippen LogP contribution in [0.1, 0.15) is 106 Å². The number of rotatable bonds is 3. The number of nitrogens with zero attached hydrogens (tertiary/aromatic N) is 1. The first-order valence-corrected chi connectivity index (χ1v) is 14.5. The number of hydrogen-bond donors (Lipinski definition) is 0. The number of carbonyl (C=O) groups excluding carboxylic acids is 1. The number of carbonyl (C=O) groups is 1. The van der Waals surface area contributed by atoms with E-state index in [1.807, 2.05) is 0 Å². The first-order chi connectivity index (χ1) is 16.4. The van der Waals surface area contributed by atoms with Gasteiger partial charge in [0.15, 0.2) is 0 Å². The molecule has 5 rings (SSSR count). The van der Waals surface area contributed by atoms with Gasteiger partial charge in [-0.2, -0.15) is 0 Å². The molecule has 0 aromatic heterocycles. The van der Waals surface area contributed by atoms with Crippen LogP contribution in [-0.4, -0.2) is 18.5 Å². The van der Waals surface area contributed by atoms with Gasteiger partial charge < -0.3 is 0 Å². The van der Waals surface area contributed by atoms with Crippen LogP contribution in [0, 0.1) is 69.0 Å². The zero-order valence-electron chi connectivity index (χ0n) is 23.4. The number of Topliss-reactive ketones (excluding diaryl/α,β-unsaturated/α-hetero) is 1. The van der Waals surface area contributed by atoms with E-state index in [-0.39, 0.29) is 16.2 Å². The van der Waals surface area contributed by atoms with E-state index in [0.717, 1.165) is 24.7 Å². The van der Waals surface area contributed by atoms with Crippen molar-refractivity contribution in [2.24, 2.45) is 61.7 Å². The third-order valence-corrected chi connectivity index (χ3v) is 13.4. The molecular formula is C33H49NO. The maximum Gasteiger partial charge on any atom is 0.138 e. The lowest BCUT2D eigenvalue weighted by atomic mass is 9.32. The van der Waals surface area contributed by atoms with Gasteiger partial charge in [-0.1, -0.05) is 52.7 Å². The third-order valence-electron chi connectivity index (χ3n) is 13.4. The largest absolute Gasteiger partial charge is 0.299 e. The van der Waals surface area contributed by atoms with Crippen LogP contribution in [0.25, 0.3) is 0 Å². The fourth-order valence-corrected chi connectivity index (χ4v) is 11.5. The third kappa shape index (κ3) is 3.21. The Morgan fingerprint density at radius 1 is 1.00 bits per heavy atom. The van der Waals surface area contributed by atoms with Gasteiger partial charge in [0.05, 0.1) is 6.54 Å². The summed E-state index contributed by atoms with van der Waals surface area (Å²) >= 11 is 0. The molecule has 2 nitrogen and oxygen atoms in total. The smallest absolute Gasteiger partial charge is 0.138 e. The second-order valence-corrected chi connectivity index (χ2v) is 14.7. The number of terminal acetylenes is 1. The lowest BCUT2D eigenvalue weighted by Gasteiger charge is -2.72. The highest BCUT2D eigenvalue weighted by Gasteiger charge is 2.70. The van der Waals surface area contributed by atoms with E-state index in [0.29, 0.717) is 40.9 Å². The molecule has 5 fully saturated rings. The minimum Gasteiger partial charge on any atom is -0.299 e. The highest BCUT2D eigenvalue weighted by atomic mass is 16.1. The van der Waals surface area contributed by atoms with Crippen LogP contribution in [0.15, 0.2) is 17.1 Å². The second-order valence-electron chi connectivity index (χ2n) is 14.7. The summed E-state index contributed by atoms with van der Waals surface area (Å²) in [5.74, 6) is 6.45. The highest BCUT2D eigenvalue weighted by molar-refractivity contribution is 5.85. The molecule has 0 saturated heterocycles. The molecule has 0 bridgehead atoms. The fourth-order valence-electron chi connectivity index (χ4n) is 11.5. The molecular weight excluding hydrogens is 426 g/mol. The van der Waals surface area contributed by atoms with Crippen molar-refractivity contribution in [3.05, 3.63) is 12.2 Å². The molecule has 0 N–H and O–H groups in total. The molecule has 9 atom stereocenters. The topological polar surface area (TPSA) is 29.4 Å². The summed E-state index contributed by atoms with van der Waals surface area (Å²) in [6.07, 6.45) is 20.0. The minimum absolute atomic E-state index is 0.169. The number of fused-ring (bicyclic) bond motifs is 7. The first kappa shape index (κ1) is 25.3. The van der Waals surface area contributed by atoms with Gasteiger partial charge >= 0.3 is 0 Å². The van der Waals surface area contributed by atoms with Crippen molar-refractivity contribution in [3.8, 4) is 12.3 Å². The Morgan fingerprint density at radius 3 is 2.43 bits per heavy atom. The summed E-state index contributed by atoms with van der Waals surface area (Å²) in [5, 5.41) is 0. The zero-order valence-corrected chi connectivity index (χ0v) is 23.4. The lowest BCUT2D eigenvalue weighted by molar-refractivity contribution is -0.228. The number of hydrogen-bond acceptors (Lipinski definition) is 2. The first-order valence-electron chi connectivity index (χ1n) is 14.5. The quantitative estimate of drug-likeness (QED) is 0.231. The van der Waals surface area contributed by atoms with E-state index in [1.165, 1.54) is 56.9 Å². The van der Waals surface area contributed by atoms with Gasteiger partial charge in [0, 0.05) is 23.5 Å². The Bertz CT molecular complexity index is 984. The average Bonchev–Trinajstić information content (AvgIpc) is 3.17. The summed E-state index contributed by atoms with van der Waals surface area (Å²) in [6.45, 7) is 19.7. The molecule has 5 saturated carbocycles.